The van der Waals surface area contributed by atoms with Crippen molar-refractivity contribution in [2.24, 2.45) is 0 Å². The molecule has 2 aromatic heterocycles. The fraction of sp³-hybridized carbons (Fsp3) is 0.286. The van der Waals surface area contributed by atoms with Crippen molar-refractivity contribution in [3.8, 4) is 0 Å². The lowest BCUT2D eigenvalue weighted by Gasteiger charge is -2.11. The predicted octanol–water partition coefficient (Wildman–Crippen LogP) is 1.64. The first-order chi connectivity index (χ1) is 10.5. The molecule has 0 N–H and O–H groups in total. The smallest absolute Gasteiger partial charge is 0.345 e. The number of thioether (sulfide) groups is 1. The minimum Gasteiger partial charge on any atom is -0.462 e. The summed E-state index contributed by atoms with van der Waals surface area (Å²) in [6, 6.07) is 3.31. The van der Waals surface area contributed by atoms with E-state index < -0.39 is 11.5 Å². The Morgan fingerprint density at radius 2 is 2.14 bits per heavy atom. The third kappa shape index (κ3) is 3.11. The van der Waals surface area contributed by atoms with Gasteiger partial charge in [0.15, 0.2) is 5.65 Å². The highest BCUT2D eigenvalue weighted by Crippen LogP contribution is 2.23. The lowest BCUT2D eigenvalue weighted by Crippen LogP contribution is -2.24. The van der Waals surface area contributed by atoms with Crippen molar-refractivity contribution in [1.29, 1.82) is 0 Å². The summed E-state index contributed by atoms with van der Waals surface area (Å²) in [5.74, 6) is -0.711. The van der Waals surface area contributed by atoms with E-state index in [1.165, 1.54) is 21.7 Å². The van der Waals surface area contributed by atoms with Gasteiger partial charge >= 0.3 is 5.97 Å². The summed E-state index contributed by atoms with van der Waals surface area (Å²) in [5, 5.41) is -0.184. The highest BCUT2D eigenvalue weighted by molar-refractivity contribution is 8.13. The molecule has 0 radical (unpaired) electrons. The fourth-order valence-electron chi connectivity index (χ4n) is 1.69. The lowest BCUT2D eigenvalue weighted by molar-refractivity contribution is 0.0523. The summed E-state index contributed by atoms with van der Waals surface area (Å²) in [7, 11) is 3.28. The maximum absolute atomic E-state index is 12.3. The molecule has 1 amide bonds. The molecule has 0 unspecified atom stereocenters. The zero-order valence-electron chi connectivity index (χ0n) is 12.4. The van der Waals surface area contributed by atoms with Gasteiger partial charge in [-0.15, -0.1) is 0 Å². The molecule has 8 heteroatoms. The van der Waals surface area contributed by atoms with Crippen LogP contribution >= 0.6 is 11.8 Å². The summed E-state index contributed by atoms with van der Waals surface area (Å²) in [6.45, 7) is 1.83. The van der Waals surface area contributed by atoms with Crippen LogP contribution in [0, 0.1) is 0 Å². The Balaban J connectivity index is 2.52. The van der Waals surface area contributed by atoms with Crippen molar-refractivity contribution >= 4 is 28.6 Å². The quantitative estimate of drug-likeness (QED) is 0.631. The van der Waals surface area contributed by atoms with Gasteiger partial charge in [-0.25, -0.2) is 9.78 Å². The van der Waals surface area contributed by atoms with Gasteiger partial charge in [-0.05, 0) is 30.8 Å². The van der Waals surface area contributed by atoms with Gasteiger partial charge in [0.05, 0.1) is 11.5 Å². The highest BCUT2D eigenvalue weighted by atomic mass is 32.2. The maximum atomic E-state index is 12.3. The molecule has 0 spiro atoms. The van der Waals surface area contributed by atoms with Crippen molar-refractivity contribution in [2.45, 2.75) is 11.8 Å². The molecule has 2 heterocycles. The van der Waals surface area contributed by atoms with Gasteiger partial charge in [0, 0.05) is 26.5 Å². The van der Waals surface area contributed by atoms with Crippen molar-refractivity contribution in [1.82, 2.24) is 14.3 Å². The van der Waals surface area contributed by atoms with E-state index in [9.17, 15) is 14.4 Å². The summed E-state index contributed by atoms with van der Waals surface area (Å²) in [5.41, 5.74) is -0.343. The number of hydrogen-bond acceptors (Lipinski definition) is 6. The minimum absolute atomic E-state index is 0.138. The number of amides is 1. The van der Waals surface area contributed by atoms with Crippen LogP contribution in [0.25, 0.3) is 5.65 Å². The van der Waals surface area contributed by atoms with Crippen molar-refractivity contribution < 1.29 is 14.3 Å². The van der Waals surface area contributed by atoms with Crippen LogP contribution in [0.3, 0.4) is 0 Å². The van der Waals surface area contributed by atoms with Gasteiger partial charge in [0.1, 0.15) is 5.56 Å². The Labute approximate surface area is 130 Å². The Bertz CT molecular complexity index is 785. The number of esters is 1. The second kappa shape index (κ2) is 6.61. The Kier molecular flexibility index (Phi) is 4.81. The summed E-state index contributed by atoms with van der Waals surface area (Å²) in [4.78, 5) is 41.9. The predicted molar refractivity (Wildman–Crippen MR) is 82.4 cm³/mol. The van der Waals surface area contributed by atoms with Crippen LogP contribution in [0.2, 0.25) is 0 Å². The van der Waals surface area contributed by atoms with E-state index in [0.717, 1.165) is 11.8 Å². The molecule has 0 aliphatic heterocycles. The van der Waals surface area contributed by atoms with E-state index in [1.807, 2.05) is 0 Å². The molecule has 0 bridgehead atoms. The minimum atomic E-state index is -0.711. The summed E-state index contributed by atoms with van der Waals surface area (Å²) < 4.78 is 6.06. The van der Waals surface area contributed by atoms with E-state index in [1.54, 1.807) is 33.2 Å². The maximum Gasteiger partial charge on any atom is 0.345 e. The molecule has 0 fully saturated rings. The second-order valence-electron chi connectivity index (χ2n) is 4.53. The Morgan fingerprint density at radius 1 is 1.41 bits per heavy atom. The van der Waals surface area contributed by atoms with E-state index in [2.05, 4.69) is 4.98 Å². The van der Waals surface area contributed by atoms with Crippen LogP contribution < -0.4 is 5.56 Å². The first-order valence-electron chi connectivity index (χ1n) is 6.52. The van der Waals surface area contributed by atoms with Crippen LogP contribution in [0.1, 0.15) is 17.3 Å². The molecular weight excluding hydrogens is 306 g/mol. The standard InChI is InChI=1S/C14H15N3O4S/c1-4-21-13(19)9-8-15-11-10(22-14(20)16(2)3)6-5-7-17(11)12(9)18/h5-8H,4H2,1-3H3. The number of ether oxygens (including phenoxy) is 1. The van der Waals surface area contributed by atoms with Crippen LogP contribution in [0.4, 0.5) is 4.79 Å². The number of rotatable bonds is 3. The fourth-order valence-corrected chi connectivity index (χ4v) is 2.45. The van der Waals surface area contributed by atoms with Crippen LogP contribution in [-0.4, -0.2) is 46.2 Å². The third-order valence-electron chi connectivity index (χ3n) is 2.75. The Hall–Kier alpha value is -2.35. The van der Waals surface area contributed by atoms with Crippen LogP contribution in [0.5, 0.6) is 0 Å². The van der Waals surface area contributed by atoms with Gasteiger partial charge in [0.2, 0.25) is 0 Å². The number of aromatic nitrogens is 2. The molecule has 22 heavy (non-hydrogen) atoms. The van der Waals surface area contributed by atoms with Gasteiger partial charge in [0.25, 0.3) is 10.8 Å². The normalized spacial score (nSPS) is 10.5. The molecule has 0 saturated heterocycles. The first-order valence-corrected chi connectivity index (χ1v) is 7.34. The van der Waals surface area contributed by atoms with Crippen LogP contribution in [0.15, 0.2) is 34.2 Å². The van der Waals surface area contributed by atoms with E-state index in [-0.39, 0.29) is 17.4 Å². The largest absolute Gasteiger partial charge is 0.462 e. The molecule has 116 valence electrons. The molecule has 2 aromatic rings. The molecule has 0 aromatic carbocycles. The lowest BCUT2D eigenvalue weighted by atomic mass is 10.3. The Morgan fingerprint density at radius 3 is 2.77 bits per heavy atom. The molecule has 7 nitrogen and oxygen atoms in total. The van der Waals surface area contributed by atoms with Crippen molar-refractivity contribution in [2.75, 3.05) is 20.7 Å². The van der Waals surface area contributed by atoms with Gasteiger partial charge in [-0.3, -0.25) is 14.0 Å². The summed E-state index contributed by atoms with van der Waals surface area (Å²) in [6.07, 6.45) is 2.68. The summed E-state index contributed by atoms with van der Waals surface area (Å²) >= 11 is 0.963. The number of carbonyl (C=O) groups excluding carboxylic acids is 2. The number of carbonyl (C=O) groups is 2. The zero-order chi connectivity index (χ0) is 16.3. The number of hydrogen-bond donors (Lipinski definition) is 0. The van der Waals surface area contributed by atoms with Crippen LogP contribution in [-0.2, 0) is 4.74 Å². The van der Waals surface area contributed by atoms with E-state index in [0.29, 0.717) is 10.5 Å². The second-order valence-corrected chi connectivity index (χ2v) is 5.52. The van der Waals surface area contributed by atoms with E-state index in [4.69, 9.17) is 4.74 Å². The third-order valence-corrected chi connectivity index (χ3v) is 3.83. The molecule has 0 aliphatic carbocycles. The average Bonchev–Trinajstić information content (AvgIpc) is 2.48. The number of pyridine rings is 1. The van der Waals surface area contributed by atoms with Crippen molar-refractivity contribution in [3.05, 3.63) is 40.4 Å². The monoisotopic (exact) mass is 321 g/mol. The topological polar surface area (TPSA) is 81.0 Å². The molecule has 2 rings (SSSR count). The average molecular weight is 321 g/mol. The van der Waals surface area contributed by atoms with Gasteiger partial charge in [-0.1, -0.05) is 0 Å². The van der Waals surface area contributed by atoms with E-state index >= 15 is 0 Å². The number of nitrogens with zero attached hydrogens (tertiary/aromatic N) is 3. The molecule has 0 saturated carbocycles. The zero-order valence-corrected chi connectivity index (χ0v) is 13.2. The molecule has 0 atom stereocenters. The van der Waals surface area contributed by atoms with Crippen molar-refractivity contribution in [3.63, 3.8) is 0 Å². The number of fused-ring (bicyclic) bond motifs is 1. The van der Waals surface area contributed by atoms with Gasteiger partial charge in [-0.2, -0.15) is 0 Å². The highest BCUT2D eigenvalue weighted by Gasteiger charge is 2.17. The molecule has 0 aliphatic rings. The van der Waals surface area contributed by atoms with Gasteiger partial charge < -0.3 is 9.64 Å². The first kappa shape index (κ1) is 16.0. The SMILES string of the molecule is CCOC(=O)c1cnc2c(SC(=O)N(C)C)cccn2c1=O. The molecular formula is C14H15N3O4S.